The minimum absolute atomic E-state index is 0.00481. The molecule has 0 saturated carbocycles. The van der Waals surface area contributed by atoms with Gasteiger partial charge in [-0.05, 0) is 30.3 Å². The van der Waals surface area contributed by atoms with Gasteiger partial charge in [0.25, 0.3) is 0 Å². The average Bonchev–Trinajstić information content (AvgIpc) is 3.58. The lowest BCUT2D eigenvalue weighted by Gasteiger charge is -2.03. The SMILES string of the molecule is C#Cc1ccccc1-c1cc(Cn2cc3nc(-c4cccc(F)c4F)nc-3cn2)on1.c1ccncc1. The maximum Gasteiger partial charge on any atom is 0.169 e. The maximum atomic E-state index is 14.1. The average molecular weight is 492 g/mol. The zero-order valence-corrected chi connectivity index (χ0v) is 19.3. The zero-order valence-electron chi connectivity index (χ0n) is 19.3. The Morgan fingerprint density at radius 1 is 0.865 bits per heavy atom. The highest BCUT2D eigenvalue weighted by Gasteiger charge is 2.18. The second kappa shape index (κ2) is 10.6. The molecule has 0 spiro atoms. The van der Waals surface area contributed by atoms with Gasteiger partial charge in [0, 0.05) is 29.6 Å². The van der Waals surface area contributed by atoms with Crippen molar-refractivity contribution in [2.24, 2.45) is 0 Å². The summed E-state index contributed by atoms with van der Waals surface area (Å²) in [5.41, 5.74) is 3.11. The lowest BCUT2D eigenvalue weighted by molar-refractivity contribution is 0.372. The topological polar surface area (TPSA) is 82.5 Å². The third kappa shape index (κ3) is 5.23. The van der Waals surface area contributed by atoms with Crippen LogP contribution < -0.4 is 0 Å². The molecule has 37 heavy (non-hydrogen) atoms. The summed E-state index contributed by atoms with van der Waals surface area (Å²) in [6.07, 6.45) is 12.2. The van der Waals surface area contributed by atoms with Gasteiger partial charge in [0.15, 0.2) is 23.2 Å². The Bertz CT molecular complexity index is 1630. The number of halogens is 2. The molecule has 2 aromatic carbocycles. The lowest BCUT2D eigenvalue weighted by Crippen LogP contribution is -2.04. The minimum Gasteiger partial charge on any atom is -0.359 e. The van der Waals surface area contributed by atoms with E-state index in [4.69, 9.17) is 10.9 Å². The summed E-state index contributed by atoms with van der Waals surface area (Å²) >= 11 is 0. The normalized spacial score (nSPS) is 10.5. The molecule has 9 heteroatoms. The van der Waals surface area contributed by atoms with E-state index in [1.165, 1.54) is 18.3 Å². The molecule has 0 bridgehead atoms. The lowest BCUT2D eigenvalue weighted by atomic mass is 10.1. The van der Waals surface area contributed by atoms with Crippen LogP contribution in [0.3, 0.4) is 0 Å². The Morgan fingerprint density at radius 3 is 2.41 bits per heavy atom. The first-order valence-electron chi connectivity index (χ1n) is 11.1. The fourth-order valence-electron chi connectivity index (χ4n) is 3.56. The number of pyridine rings is 1. The highest BCUT2D eigenvalue weighted by atomic mass is 19.2. The smallest absolute Gasteiger partial charge is 0.169 e. The van der Waals surface area contributed by atoms with E-state index < -0.39 is 11.6 Å². The van der Waals surface area contributed by atoms with Gasteiger partial charge in [0.2, 0.25) is 0 Å². The number of fused-ring (bicyclic) bond motifs is 1. The molecule has 0 aliphatic carbocycles. The second-order valence-corrected chi connectivity index (χ2v) is 7.78. The monoisotopic (exact) mass is 492 g/mol. The molecular weight excluding hydrogens is 474 g/mol. The van der Waals surface area contributed by atoms with Crippen LogP contribution in [0.4, 0.5) is 8.78 Å². The predicted molar refractivity (Wildman–Crippen MR) is 133 cm³/mol. The quantitative estimate of drug-likeness (QED) is 0.303. The molecule has 0 unspecified atom stereocenters. The summed E-state index contributed by atoms with van der Waals surface area (Å²) in [6, 6.07) is 18.8. The van der Waals surface area contributed by atoms with Crippen molar-refractivity contribution in [3.63, 3.8) is 0 Å². The number of nitrogens with zero attached hydrogens (tertiary/aromatic N) is 6. The standard InChI is InChI=1S/C23H13F2N5O.C5H5N/c1-2-14-6-3-4-7-16(14)19-10-15(31-29-19)12-30-13-21-20(11-26-30)27-23(28-21)17-8-5-9-18(24)22(17)25;1-2-4-6-5-3-1/h1,3-11,13H,12H2;1-5H. The van der Waals surface area contributed by atoms with Crippen LogP contribution in [0, 0.1) is 24.0 Å². The highest BCUT2D eigenvalue weighted by Crippen LogP contribution is 2.27. The molecule has 180 valence electrons. The van der Waals surface area contributed by atoms with Gasteiger partial charge < -0.3 is 4.52 Å². The number of hydrogen-bond acceptors (Lipinski definition) is 6. The molecule has 6 rings (SSSR count). The molecule has 4 aromatic rings. The van der Waals surface area contributed by atoms with E-state index in [1.807, 2.05) is 42.5 Å². The van der Waals surface area contributed by atoms with Crippen LogP contribution in [0.15, 0.2) is 96.0 Å². The van der Waals surface area contributed by atoms with Crippen molar-refractivity contribution in [1.82, 2.24) is 29.9 Å². The molecule has 0 N–H and O–H groups in total. The third-order valence-corrected chi connectivity index (χ3v) is 5.31. The molecule has 0 fully saturated rings. The molecule has 0 atom stereocenters. The minimum atomic E-state index is -0.986. The van der Waals surface area contributed by atoms with Crippen LogP contribution in [0.2, 0.25) is 0 Å². The van der Waals surface area contributed by atoms with Gasteiger partial charge >= 0.3 is 0 Å². The Balaban J connectivity index is 0.000000412. The summed E-state index contributed by atoms with van der Waals surface area (Å²) in [6.45, 7) is 0.289. The fraction of sp³-hybridized carbons (Fsp3) is 0.0357. The summed E-state index contributed by atoms with van der Waals surface area (Å²) < 4.78 is 34.6. The number of imidazole rings is 1. The highest BCUT2D eigenvalue weighted by molar-refractivity contribution is 5.68. The Kier molecular flexibility index (Phi) is 6.72. The number of aromatic nitrogens is 6. The van der Waals surface area contributed by atoms with Gasteiger partial charge in [-0.2, -0.15) is 5.10 Å². The van der Waals surface area contributed by atoms with E-state index in [2.05, 4.69) is 31.1 Å². The molecule has 2 aliphatic heterocycles. The maximum absolute atomic E-state index is 14.1. The fourth-order valence-corrected chi connectivity index (χ4v) is 3.56. The molecule has 4 heterocycles. The van der Waals surface area contributed by atoms with Gasteiger partial charge in [0.1, 0.15) is 23.6 Å². The summed E-state index contributed by atoms with van der Waals surface area (Å²) in [7, 11) is 0. The summed E-state index contributed by atoms with van der Waals surface area (Å²) in [4.78, 5) is 12.3. The third-order valence-electron chi connectivity index (χ3n) is 5.31. The molecule has 2 aliphatic rings. The van der Waals surface area contributed by atoms with Crippen LogP contribution in [0.25, 0.3) is 34.0 Å². The zero-order chi connectivity index (χ0) is 25.6. The summed E-state index contributed by atoms with van der Waals surface area (Å²) in [5.74, 6) is 1.36. The van der Waals surface area contributed by atoms with Gasteiger partial charge in [0.05, 0.1) is 18.0 Å². The van der Waals surface area contributed by atoms with Gasteiger partial charge in [-0.3, -0.25) is 9.67 Å². The molecule has 0 saturated heterocycles. The van der Waals surface area contributed by atoms with Crippen molar-refractivity contribution in [3.8, 4) is 46.4 Å². The van der Waals surface area contributed by atoms with Crippen molar-refractivity contribution in [2.45, 2.75) is 6.54 Å². The Morgan fingerprint density at radius 2 is 1.65 bits per heavy atom. The van der Waals surface area contributed by atoms with Crippen molar-refractivity contribution in [2.75, 3.05) is 0 Å². The molecule has 7 nitrogen and oxygen atoms in total. The first-order chi connectivity index (χ1) is 18.1. The van der Waals surface area contributed by atoms with E-state index in [0.29, 0.717) is 22.8 Å². The largest absolute Gasteiger partial charge is 0.359 e. The molecule has 0 radical (unpaired) electrons. The van der Waals surface area contributed by atoms with Crippen LogP contribution in [-0.2, 0) is 6.54 Å². The second-order valence-electron chi connectivity index (χ2n) is 7.78. The van der Waals surface area contributed by atoms with Crippen LogP contribution in [0.5, 0.6) is 0 Å². The first-order valence-corrected chi connectivity index (χ1v) is 11.1. The number of hydrogen-bond donors (Lipinski definition) is 0. The number of terminal acetylenes is 1. The van der Waals surface area contributed by atoms with Crippen molar-refractivity contribution < 1.29 is 13.3 Å². The van der Waals surface area contributed by atoms with Crippen LogP contribution in [0.1, 0.15) is 11.3 Å². The first kappa shape index (κ1) is 23.5. The van der Waals surface area contributed by atoms with E-state index in [0.717, 1.165) is 17.2 Å². The van der Waals surface area contributed by atoms with E-state index in [9.17, 15) is 8.78 Å². The van der Waals surface area contributed by atoms with Crippen molar-refractivity contribution in [3.05, 3.63) is 114 Å². The molecule has 0 amide bonds. The van der Waals surface area contributed by atoms with Crippen molar-refractivity contribution >= 4 is 0 Å². The number of rotatable bonds is 4. The molecule has 2 aromatic heterocycles. The van der Waals surface area contributed by atoms with Crippen LogP contribution in [-0.4, -0.2) is 29.9 Å². The van der Waals surface area contributed by atoms with Crippen molar-refractivity contribution in [1.29, 1.82) is 0 Å². The van der Waals surface area contributed by atoms with E-state index >= 15 is 0 Å². The van der Waals surface area contributed by atoms with E-state index in [1.54, 1.807) is 29.3 Å². The number of benzene rings is 2. The summed E-state index contributed by atoms with van der Waals surface area (Å²) in [5, 5.41) is 8.39. The van der Waals surface area contributed by atoms with Gasteiger partial charge in [-0.25, -0.2) is 18.7 Å². The molecular formula is C28H18F2N6O. The Hall–Kier alpha value is -5.23. The predicted octanol–water partition coefficient (Wildman–Crippen LogP) is 5.49. The Labute approximate surface area is 210 Å². The van der Waals surface area contributed by atoms with Gasteiger partial charge in [-0.15, -0.1) is 6.42 Å². The van der Waals surface area contributed by atoms with E-state index in [-0.39, 0.29) is 17.9 Å². The van der Waals surface area contributed by atoms with Gasteiger partial charge in [-0.1, -0.05) is 41.4 Å². The van der Waals surface area contributed by atoms with Crippen LogP contribution >= 0.6 is 0 Å².